The monoisotopic (exact) mass is 369 g/mol. The van der Waals surface area contributed by atoms with Gasteiger partial charge >= 0.3 is 0 Å². The Morgan fingerprint density at radius 2 is 1.85 bits per heavy atom. The van der Waals surface area contributed by atoms with Gasteiger partial charge in [0.15, 0.2) is 18.1 Å². The van der Waals surface area contributed by atoms with Crippen LogP contribution in [0.5, 0.6) is 17.2 Å². The van der Waals surface area contributed by atoms with Crippen LogP contribution in [0.15, 0.2) is 48.5 Å². The highest BCUT2D eigenvalue weighted by Crippen LogP contribution is 2.28. The third kappa shape index (κ3) is 5.78. The summed E-state index contributed by atoms with van der Waals surface area (Å²) in [4.78, 5) is 14.1. The van der Waals surface area contributed by atoms with Crippen molar-refractivity contribution in [2.75, 3.05) is 27.4 Å². The lowest BCUT2D eigenvalue weighted by Crippen LogP contribution is -2.31. The molecule has 5 nitrogen and oxygen atoms in total. The SMILES string of the molecule is C/C=C/c1ccc(OCC(=O)N(C)Cc2ccccc2OCC)c(OC)c1. The summed E-state index contributed by atoms with van der Waals surface area (Å²) in [6.45, 7) is 4.87. The van der Waals surface area contributed by atoms with Crippen molar-refractivity contribution in [1.82, 2.24) is 4.90 Å². The van der Waals surface area contributed by atoms with E-state index in [-0.39, 0.29) is 12.5 Å². The molecule has 1 amide bonds. The quantitative estimate of drug-likeness (QED) is 0.666. The minimum Gasteiger partial charge on any atom is -0.494 e. The molecule has 0 aliphatic carbocycles. The summed E-state index contributed by atoms with van der Waals surface area (Å²) in [6, 6.07) is 13.3. The molecule has 2 rings (SSSR count). The molecule has 0 spiro atoms. The fourth-order valence-electron chi connectivity index (χ4n) is 2.62. The maximum Gasteiger partial charge on any atom is 0.260 e. The molecule has 2 aromatic carbocycles. The third-order valence-corrected chi connectivity index (χ3v) is 4.00. The Kier molecular flexibility index (Phi) is 7.74. The van der Waals surface area contributed by atoms with E-state index < -0.39 is 0 Å². The minimum absolute atomic E-state index is 0.0629. The average molecular weight is 369 g/mol. The van der Waals surface area contributed by atoms with Crippen LogP contribution in [-0.4, -0.2) is 38.2 Å². The minimum atomic E-state index is -0.124. The second-order valence-corrected chi connectivity index (χ2v) is 5.99. The van der Waals surface area contributed by atoms with Crippen LogP contribution in [0.4, 0.5) is 0 Å². The van der Waals surface area contributed by atoms with E-state index >= 15 is 0 Å². The molecule has 0 saturated carbocycles. The number of likely N-dealkylation sites (N-methyl/N-ethyl adjacent to an activating group) is 1. The summed E-state index contributed by atoms with van der Waals surface area (Å²) < 4.78 is 16.7. The smallest absolute Gasteiger partial charge is 0.260 e. The van der Waals surface area contributed by atoms with Crippen molar-refractivity contribution < 1.29 is 19.0 Å². The number of allylic oxidation sites excluding steroid dienone is 1. The van der Waals surface area contributed by atoms with E-state index in [1.165, 1.54) is 0 Å². The zero-order chi connectivity index (χ0) is 19.6. The molecule has 0 heterocycles. The highest BCUT2D eigenvalue weighted by atomic mass is 16.5. The van der Waals surface area contributed by atoms with Gasteiger partial charge < -0.3 is 19.1 Å². The third-order valence-electron chi connectivity index (χ3n) is 4.00. The van der Waals surface area contributed by atoms with E-state index in [4.69, 9.17) is 14.2 Å². The number of rotatable bonds is 9. The van der Waals surface area contributed by atoms with Gasteiger partial charge in [-0.05, 0) is 37.6 Å². The predicted octanol–water partition coefficient (Wildman–Crippen LogP) is 4.16. The van der Waals surface area contributed by atoms with E-state index in [1.54, 1.807) is 19.1 Å². The van der Waals surface area contributed by atoms with Crippen molar-refractivity contribution in [3.8, 4) is 17.2 Å². The molecular formula is C22H27NO4. The molecule has 0 unspecified atom stereocenters. The zero-order valence-corrected chi connectivity index (χ0v) is 16.4. The van der Waals surface area contributed by atoms with Gasteiger partial charge in [-0.1, -0.05) is 36.4 Å². The maximum absolute atomic E-state index is 12.5. The Balaban J connectivity index is 1.99. The van der Waals surface area contributed by atoms with Crippen molar-refractivity contribution in [1.29, 1.82) is 0 Å². The molecule has 5 heteroatoms. The number of benzene rings is 2. The number of para-hydroxylation sites is 1. The molecule has 27 heavy (non-hydrogen) atoms. The van der Waals surface area contributed by atoms with E-state index in [0.29, 0.717) is 24.7 Å². The summed E-state index contributed by atoms with van der Waals surface area (Å²) in [5.74, 6) is 1.81. The van der Waals surface area contributed by atoms with Gasteiger partial charge in [-0.15, -0.1) is 0 Å². The van der Waals surface area contributed by atoms with Crippen LogP contribution in [-0.2, 0) is 11.3 Å². The van der Waals surface area contributed by atoms with Crippen LogP contribution in [0.3, 0.4) is 0 Å². The van der Waals surface area contributed by atoms with E-state index in [1.807, 2.05) is 68.5 Å². The molecule has 0 N–H and O–H groups in total. The highest BCUT2D eigenvalue weighted by molar-refractivity contribution is 5.77. The fraction of sp³-hybridized carbons (Fsp3) is 0.318. The van der Waals surface area contributed by atoms with Crippen molar-refractivity contribution in [3.63, 3.8) is 0 Å². The number of carbonyl (C=O) groups is 1. The Labute approximate surface area is 161 Å². The predicted molar refractivity (Wildman–Crippen MR) is 107 cm³/mol. The molecule has 0 atom stereocenters. The number of ether oxygens (including phenoxy) is 3. The van der Waals surface area contributed by atoms with Crippen LogP contribution >= 0.6 is 0 Å². The second-order valence-electron chi connectivity index (χ2n) is 5.99. The highest BCUT2D eigenvalue weighted by Gasteiger charge is 2.14. The normalized spacial score (nSPS) is 10.7. The van der Waals surface area contributed by atoms with Gasteiger partial charge in [-0.3, -0.25) is 4.79 Å². The van der Waals surface area contributed by atoms with Gasteiger partial charge in [0.2, 0.25) is 0 Å². The van der Waals surface area contributed by atoms with Gasteiger partial charge in [0.05, 0.1) is 13.7 Å². The summed E-state index contributed by atoms with van der Waals surface area (Å²) in [7, 11) is 3.33. The van der Waals surface area contributed by atoms with Crippen LogP contribution in [0.25, 0.3) is 6.08 Å². The molecule has 0 bridgehead atoms. The lowest BCUT2D eigenvalue weighted by Gasteiger charge is -2.20. The lowest BCUT2D eigenvalue weighted by atomic mass is 10.2. The van der Waals surface area contributed by atoms with Gasteiger partial charge in [0.1, 0.15) is 5.75 Å². The van der Waals surface area contributed by atoms with Crippen LogP contribution in [0.1, 0.15) is 25.0 Å². The standard InChI is InChI=1S/C22H27NO4/c1-5-9-17-12-13-20(21(14-17)25-4)27-16-22(24)23(3)15-18-10-7-8-11-19(18)26-6-2/h5,7-14H,6,15-16H2,1-4H3/b9-5+. The summed E-state index contributed by atoms with van der Waals surface area (Å²) in [5.41, 5.74) is 1.97. The molecule has 0 aliphatic heterocycles. The number of methoxy groups -OCH3 is 1. The molecule has 0 aromatic heterocycles. The van der Waals surface area contributed by atoms with Crippen molar-refractivity contribution in [3.05, 3.63) is 59.7 Å². The molecule has 2 aromatic rings. The number of carbonyl (C=O) groups excluding carboxylic acids is 1. The second kappa shape index (κ2) is 10.3. The Hall–Kier alpha value is -2.95. The first-order valence-electron chi connectivity index (χ1n) is 8.97. The fourth-order valence-corrected chi connectivity index (χ4v) is 2.62. The molecule has 144 valence electrons. The van der Waals surface area contributed by atoms with Crippen LogP contribution in [0, 0.1) is 0 Å². The molecular weight excluding hydrogens is 342 g/mol. The molecule has 0 aliphatic rings. The Bertz CT molecular complexity index is 786. The molecule has 0 fully saturated rings. The lowest BCUT2D eigenvalue weighted by molar-refractivity contribution is -0.132. The van der Waals surface area contributed by atoms with Crippen molar-refractivity contribution in [2.24, 2.45) is 0 Å². The van der Waals surface area contributed by atoms with Crippen molar-refractivity contribution >= 4 is 12.0 Å². The number of amides is 1. The summed E-state index contributed by atoms with van der Waals surface area (Å²) in [6.07, 6.45) is 3.93. The van der Waals surface area contributed by atoms with E-state index in [2.05, 4.69) is 0 Å². The molecule has 0 radical (unpaired) electrons. The summed E-state index contributed by atoms with van der Waals surface area (Å²) >= 11 is 0. The van der Waals surface area contributed by atoms with Gasteiger partial charge in [-0.2, -0.15) is 0 Å². The Morgan fingerprint density at radius 1 is 1.07 bits per heavy atom. The van der Waals surface area contributed by atoms with E-state index in [9.17, 15) is 4.79 Å². The molecule has 0 saturated heterocycles. The van der Waals surface area contributed by atoms with Crippen LogP contribution < -0.4 is 14.2 Å². The largest absolute Gasteiger partial charge is 0.494 e. The van der Waals surface area contributed by atoms with Gasteiger partial charge in [0.25, 0.3) is 5.91 Å². The number of hydrogen-bond donors (Lipinski definition) is 0. The van der Waals surface area contributed by atoms with Crippen molar-refractivity contribution in [2.45, 2.75) is 20.4 Å². The zero-order valence-electron chi connectivity index (χ0n) is 16.4. The first kappa shape index (κ1) is 20.4. The van der Waals surface area contributed by atoms with Gasteiger partial charge in [-0.25, -0.2) is 0 Å². The van der Waals surface area contributed by atoms with E-state index in [0.717, 1.165) is 16.9 Å². The van der Waals surface area contributed by atoms with Gasteiger partial charge in [0, 0.05) is 19.2 Å². The number of hydrogen-bond acceptors (Lipinski definition) is 4. The first-order valence-corrected chi connectivity index (χ1v) is 8.97. The average Bonchev–Trinajstić information content (AvgIpc) is 2.68. The Morgan fingerprint density at radius 3 is 2.56 bits per heavy atom. The number of nitrogens with zero attached hydrogens (tertiary/aromatic N) is 1. The van der Waals surface area contributed by atoms with Crippen LogP contribution in [0.2, 0.25) is 0 Å². The first-order chi connectivity index (χ1) is 13.1. The topological polar surface area (TPSA) is 48.0 Å². The maximum atomic E-state index is 12.5. The summed E-state index contributed by atoms with van der Waals surface area (Å²) in [5, 5.41) is 0.